The van der Waals surface area contributed by atoms with E-state index in [1.165, 1.54) is 0 Å². The number of nitrogens with two attached hydrogens (primary N) is 1. The van der Waals surface area contributed by atoms with Crippen LogP contribution in [0, 0.1) is 5.92 Å². The summed E-state index contributed by atoms with van der Waals surface area (Å²) in [5.41, 5.74) is 5.46. The maximum absolute atomic E-state index is 11.4. The van der Waals surface area contributed by atoms with Gasteiger partial charge in [-0.1, -0.05) is 0 Å². The molecule has 0 aromatic heterocycles. The Kier molecular flexibility index (Phi) is 4.18. The largest absolute Gasteiger partial charge is 0.385 e. The van der Waals surface area contributed by atoms with Gasteiger partial charge in [0.2, 0.25) is 5.91 Å². The number of likely N-dealkylation sites (tertiary alicyclic amines) is 1. The maximum atomic E-state index is 11.4. The van der Waals surface area contributed by atoms with Gasteiger partial charge in [0, 0.05) is 39.1 Å². The first-order valence-corrected chi connectivity index (χ1v) is 4.74. The summed E-state index contributed by atoms with van der Waals surface area (Å²) >= 11 is 0. The molecule has 0 aliphatic carbocycles. The fourth-order valence-corrected chi connectivity index (χ4v) is 1.45. The Bertz CT molecular complexity index is 167. The van der Waals surface area contributed by atoms with E-state index >= 15 is 0 Å². The lowest BCUT2D eigenvalue weighted by molar-refractivity contribution is -0.137. The molecule has 0 spiro atoms. The molecule has 0 atom stereocenters. The standard InChI is InChI=1S/C9H18N2O2/c1-13-4-2-3-9(12)11-6-8(5-10)7-11/h8H,2-7,10H2,1H3. The molecule has 1 saturated heterocycles. The van der Waals surface area contributed by atoms with Gasteiger partial charge in [-0.25, -0.2) is 0 Å². The molecule has 1 aliphatic heterocycles. The lowest BCUT2D eigenvalue weighted by Crippen LogP contribution is -2.52. The third-order valence-corrected chi connectivity index (χ3v) is 2.38. The number of hydrogen-bond acceptors (Lipinski definition) is 3. The minimum Gasteiger partial charge on any atom is -0.385 e. The Morgan fingerprint density at radius 2 is 2.31 bits per heavy atom. The Morgan fingerprint density at radius 1 is 1.62 bits per heavy atom. The summed E-state index contributed by atoms with van der Waals surface area (Å²) in [6.45, 7) is 3.06. The van der Waals surface area contributed by atoms with Crippen LogP contribution in [-0.2, 0) is 9.53 Å². The van der Waals surface area contributed by atoms with Gasteiger partial charge in [0.25, 0.3) is 0 Å². The molecule has 4 heteroatoms. The highest BCUT2D eigenvalue weighted by molar-refractivity contribution is 5.76. The Balaban J connectivity index is 2.05. The van der Waals surface area contributed by atoms with Crippen LogP contribution in [0.1, 0.15) is 12.8 Å². The summed E-state index contributed by atoms with van der Waals surface area (Å²) in [4.78, 5) is 13.3. The van der Waals surface area contributed by atoms with Gasteiger partial charge in [-0.2, -0.15) is 0 Å². The van der Waals surface area contributed by atoms with Crippen molar-refractivity contribution < 1.29 is 9.53 Å². The third kappa shape index (κ3) is 2.97. The van der Waals surface area contributed by atoms with E-state index in [4.69, 9.17) is 10.5 Å². The first-order valence-electron chi connectivity index (χ1n) is 4.74. The molecule has 2 N–H and O–H groups in total. The van der Waals surface area contributed by atoms with Crippen LogP contribution in [0.4, 0.5) is 0 Å². The monoisotopic (exact) mass is 186 g/mol. The fourth-order valence-electron chi connectivity index (χ4n) is 1.45. The molecular formula is C9H18N2O2. The van der Waals surface area contributed by atoms with Crippen molar-refractivity contribution in [3.05, 3.63) is 0 Å². The number of carbonyl (C=O) groups excluding carboxylic acids is 1. The van der Waals surface area contributed by atoms with Gasteiger partial charge >= 0.3 is 0 Å². The molecule has 76 valence electrons. The SMILES string of the molecule is COCCCC(=O)N1CC(CN)C1. The highest BCUT2D eigenvalue weighted by atomic mass is 16.5. The molecule has 1 rings (SSSR count). The highest BCUT2D eigenvalue weighted by Gasteiger charge is 2.28. The van der Waals surface area contributed by atoms with Gasteiger partial charge in [-0.3, -0.25) is 4.79 Å². The van der Waals surface area contributed by atoms with Gasteiger partial charge < -0.3 is 15.4 Å². The van der Waals surface area contributed by atoms with Crippen molar-refractivity contribution in [1.29, 1.82) is 0 Å². The number of carbonyl (C=O) groups is 1. The van der Waals surface area contributed by atoms with Crippen LogP contribution in [0.5, 0.6) is 0 Å². The van der Waals surface area contributed by atoms with Gasteiger partial charge in [0.15, 0.2) is 0 Å². The predicted octanol–water partition coefficient (Wildman–Crippen LogP) is -0.170. The second-order valence-electron chi connectivity index (χ2n) is 3.50. The molecule has 0 unspecified atom stereocenters. The Labute approximate surface area is 79.0 Å². The van der Waals surface area contributed by atoms with E-state index in [-0.39, 0.29) is 5.91 Å². The number of hydrogen-bond donors (Lipinski definition) is 1. The Morgan fingerprint density at radius 3 is 2.85 bits per heavy atom. The van der Waals surface area contributed by atoms with Crippen LogP contribution in [0.25, 0.3) is 0 Å². The van der Waals surface area contributed by atoms with Crippen molar-refractivity contribution in [1.82, 2.24) is 4.90 Å². The molecule has 0 saturated carbocycles. The molecule has 1 aliphatic rings. The first kappa shape index (κ1) is 10.5. The summed E-state index contributed by atoms with van der Waals surface area (Å²) in [6.07, 6.45) is 1.42. The normalized spacial score (nSPS) is 17.2. The van der Waals surface area contributed by atoms with Gasteiger partial charge in [0.05, 0.1) is 0 Å². The third-order valence-electron chi connectivity index (χ3n) is 2.38. The van der Waals surface area contributed by atoms with Crippen LogP contribution in [-0.4, -0.2) is 44.2 Å². The molecule has 1 heterocycles. The van der Waals surface area contributed by atoms with E-state index in [0.29, 0.717) is 25.5 Å². The molecule has 1 fully saturated rings. The van der Waals surface area contributed by atoms with Gasteiger partial charge in [-0.15, -0.1) is 0 Å². The topological polar surface area (TPSA) is 55.6 Å². The summed E-state index contributed by atoms with van der Waals surface area (Å²) < 4.78 is 4.88. The second kappa shape index (κ2) is 5.19. The minimum atomic E-state index is 0.238. The number of nitrogens with zero attached hydrogens (tertiary/aromatic N) is 1. The summed E-state index contributed by atoms with van der Waals surface area (Å²) in [5, 5.41) is 0. The molecule has 0 aromatic carbocycles. The van der Waals surface area contributed by atoms with Crippen LogP contribution >= 0.6 is 0 Å². The minimum absolute atomic E-state index is 0.238. The molecule has 0 radical (unpaired) electrons. The summed E-state index contributed by atoms with van der Waals surface area (Å²) in [5.74, 6) is 0.771. The van der Waals surface area contributed by atoms with Crippen molar-refractivity contribution in [2.75, 3.05) is 33.4 Å². The van der Waals surface area contributed by atoms with E-state index < -0.39 is 0 Å². The van der Waals surface area contributed by atoms with Gasteiger partial charge in [0.1, 0.15) is 0 Å². The smallest absolute Gasteiger partial charge is 0.222 e. The van der Waals surface area contributed by atoms with E-state index in [1.54, 1.807) is 7.11 Å². The fraction of sp³-hybridized carbons (Fsp3) is 0.889. The van der Waals surface area contributed by atoms with E-state index in [0.717, 1.165) is 19.5 Å². The average molecular weight is 186 g/mol. The highest BCUT2D eigenvalue weighted by Crippen LogP contribution is 2.15. The Hall–Kier alpha value is -0.610. The summed E-state index contributed by atoms with van der Waals surface area (Å²) in [6, 6.07) is 0. The number of rotatable bonds is 5. The van der Waals surface area contributed by atoms with Crippen LogP contribution in [0.2, 0.25) is 0 Å². The summed E-state index contributed by atoms with van der Waals surface area (Å²) in [7, 11) is 1.65. The van der Waals surface area contributed by atoms with Crippen molar-refractivity contribution in [3.63, 3.8) is 0 Å². The van der Waals surface area contributed by atoms with Crippen LogP contribution in [0.3, 0.4) is 0 Å². The zero-order valence-electron chi connectivity index (χ0n) is 8.16. The molecule has 0 aromatic rings. The zero-order valence-corrected chi connectivity index (χ0v) is 8.16. The number of ether oxygens (including phenoxy) is 1. The molecule has 4 nitrogen and oxygen atoms in total. The number of methoxy groups -OCH3 is 1. The van der Waals surface area contributed by atoms with Crippen molar-refractivity contribution in [2.45, 2.75) is 12.8 Å². The second-order valence-corrected chi connectivity index (χ2v) is 3.50. The maximum Gasteiger partial charge on any atom is 0.222 e. The predicted molar refractivity (Wildman–Crippen MR) is 50.2 cm³/mol. The van der Waals surface area contributed by atoms with Gasteiger partial charge in [-0.05, 0) is 13.0 Å². The van der Waals surface area contributed by atoms with Crippen molar-refractivity contribution >= 4 is 5.91 Å². The molecule has 13 heavy (non-hydrogen) atoms. The van der Waals surface area contributed by atoms with E-state index in [1.807, 2.05) is 4.90 Å². The van der Waals surface area contributed by atoms with Crippen LogP contribution in [0.15, 0.2) is 0 Å². The van der Waals surface area contributed by atoms with Crippen molar-refractivity contribution in [3.8, 4) is 0 Å². The quantitative estimate of drug-likeness (QED) is 0.606. The first-order chi connectivity index (χ1) is 6.27. The molecule has 0 bridgehead atoms. The molecular weight excluding hydrogens is 168 g/mol. The van der Waals surface area contributed by atoms with Crippen LogP contribution < -0.4 is 5.73 Å². The molecule has 1 amide bonds. The van der Waals surface area contributed by atoms with E-state index in [9.17, 15) is 4.79 Å². The lowest BCUT2D eigenvalue weighted by Gasteiger charge is -2.38. The average Bonchev–Trinajstić information content (AvgIpc) is 2.03. The lowest BCUT2D eigenvalue weighted by atomic mass is 10.00. The zero-order chi connectivity index (χ0) is 9.68. The van der Waals surface area contributed by atoms with E-state index in [2.05, 4.69) is 0 Å². The van der Waals surface area contributed by atoms with Crippen molar-refractivity contribution in [2.24, 2.45) is 11.7 Å². The number of amides is 1.